The predicted molar refractivity (Wildman–Crippen MR) is 88.2 cm³/mol. The summed E-state index contributed by atoms with van der Waals surface area (Å²) in [5, 5.41) is 0. The number of ketones is 1. The van der Waals surface area contributed by atoms with Crippen LogP contribution in [0.3, 0.4) is 0 Å². The molecule has 1 fully saturated rings. The largest absolute Gasteiger partial charge is 0.294 e. The third-order valence-electron chi connectivity index (χ3n) is 4.50. The molecule has 1 aromatic rings. The van der Waals surface area contributed by atoms with E-state index in [2.05, 4.69) is 0 Å². The average molecular weight is 337 g/mol. The number of thioether (sulfide) groups is 1. The van der Waals surface area contributed by atoms with Crippen LogP contribution in [-0.2, 0) is 14.8 Å². The van der Waals surface area contributed by atoms with Crippen molar-refractivity contribution < 1.29 is 13.2 Å². The summed E-state index contributed by atoms with van der Waals surface area (Å²) < 4.78 is 27.3. The first-order valence-corrected chi connectivity index (χ1v) is 9.92. The number of hydrogen-bond acceptors (Lipinski definition) is 4. The zero-order valence-corrected chi connectivity index (χ0v) is 14.5. The van der Waals surface area contributed by atoms with Gasteiger partial charge in [-0.15, -0.1) is 11.8 Å². The number of benzene rings is 1. The third kappa shape index (κ3) is 2.33. The molecule has 1 saturated heterocycles. The summed E-state index contributed by atoms with van der Waals surface area (Å²) in [6, 6.07) is 6.68. The molecule has 2 atom stereocenters. The van der Waals surface area contributed by atoms with E-state index in [4.69, 9.17) is 0 Å². The SMILES string of the molecule is CSC1=C2[C@@H](CC1=O)CN(S(=O)(=O)c1ccc(C)cc1)[C@@H]2C. The van der Waals surface area contributed by atoms with Crippen LogP contribution >= 0.6 is 11.8 Å². The molecule has 0 unspecified atom stereocenters. The molecule has 2 aliphatic rings. The molecular weight excluding hydrogens is 318 g/mol. The minimum atomic E-state index is -3.52. The van der Waals surface area contributed by atoms with Gasteiger partial charge in [0.15, 0.2) is 5.78 Å². The second-order valence-electron chi connectivity index (χ2n) is 5.88. The predicted octanol–water partition coefficient (Wildman–Crippen LogP) is 2.59. The van der Waals surface area contributed by atoms with Crippen molar-refractivity contribution in [1.29, 1.82) is 0 Å². The number of hydrogen-bond donors (Lipinski definition) is 0. The number of fused-ring (bicyclic) bond motifs is 1. The first kappa shape index (κ1) is 15.8. The van der Waals surface area contributed by atoms with Crippen LogP contribution in [0.2, 0.25) is 0 Å². The Hall–Kier alpha value is -1.11. The number of rotatable bonds is 3. The lowest BCUT2D eigenvalue weighted by Gasteiger charge is -2.22. The molecule has 0 saturated carbocycles. The van der Waals surface area contributed by atoms with Crippen LogP contribution in [-0.4, -0.2) is 37.3 Å². The molecule has 0 spiro atoms. The van der Waals surface area contributed by atoms with Crippen LogP contribution in [0, 0.1) is 12.8 Å². The molecule has 22 heavy (non-hydrogen) atoms. The second-order valence-corrected chi connectivity index (χ2v) is 8.58. The number of nitrogens with zero attached hydrogens (tertiary/aromatic N) is 1. The van der Waals surface area contributed by atoms with E-state index < -0.39 is 10.0 Å². The molecule has 3 rings (SSSR count). The van der Waals surface area contributed by atoms with Gasteiger partial charge in [0.1, 0.15) is 0 Å². The highest BCUT2D eigenvalue weighted by Gasteiger charge is 2.47. The quantitative estimate of drug-likeness (QED) is 0.851. The molecule has 0 bridgehead atoms. The summed E-state index contributed by atoms with van der Waals surface area (Å²) in [7, 11) is -3.52. The average Bonchev–Trinajstić information content (AvgIpc) is 2.95. The molecule has 1 heterocycles. The molecular formula is C16H19NO3S2. The molecule has 0 N–H and O–H groups in total. The fraction of sp³-hybridized carbons (Fsp3) is 0.438. The van der Waals surface area contributed by atoms with E-state index in [1.807, 2.05) is 32.2 Å². The maximum atomic E-state index is 12.9. The van der Waals surface area contributed by atoms with E-state index >= 15 is 0 Å². The van der Waals surface area contributed by atoms with E-state index in [1.165, 1.54) is 11.8 Å². The first-order chi connectivity index (χ1) is 10.4. The van der Waals surface area contributed by atoms with Crippen molar-refractivity contribution in [3.63, 3.8) is 0 Å². The fourth-order valence-electron chi connectivity index (χ4n) is 3.38. The molecule has 0 aromatic heterocycles. The number of sulfonamides is 1. The molecule has 1 aliphatic heterocycles. The minimum absolute atomic E-state index is 0.0465. The zero-order chi connectivity index (χ0) is 16.1. The minimum Gasteiger partial charge on any atom is -0.294 e. The monoisotopic (exact) mass is 337 g/mol. The van der Waals surface area contributed by atoms with Crippen molar-refractivity contribution in [3.05, 3.63) is 40.3 Å². The van der Waals surface area contributed by atoms with Crippen LogP contribution in [0.4, 0.5) is 0 Å². The van der Waals surface area contributed by atoms with Crippen molar-refractivity contribution >= 4 is 27.6 Å². The Labute approximate surface area is 135 Å². The molecule has 1 aliphatic carbocycles. The summed E-state index contributed by atoms with van der Waals surface area (Å²) in [4.78, 5) is 13.1. The van der Waals surface area contributed by atoms with E-state index in [9.17, 15) is 13.2 Å². The van der Waals surface area contributed by atoms with Gasteiger partial charge < -0.3 is 0 Å². The highest BCUT2D eigenvalue weighted by atomic mass is 32.2. The molecule has 6 heteroatoms. The topological polar surface area (TPSA) is 54.5 Å². The van der Waals surface area contributed by atoms with Crippen LogP contribution in [0.15, 0.2) is 39.6 Å². The standard InChI is InChI=1S/C16H19NO3S2/c1-10-4-6-13(7-5-10)22(19,20)17-9-12-8-14(18)16(21-3)15(12)11(17)2/h4-7,11-12H,8-9H2,1-3H3/t11-,12+/m1/s1. The number of carbonyl (C=O) groups is 1. The lowest BCUT2D eigenvalue weighted by Crippen LogP contribution is -2.35. The highest BCUT2D eigenvalue weighted by Crippen LogP contribution is 2.44. The Kier molecular flexibility index (Phi) is 3.95. The summed E-state index contributed by atoms with van der Waals surface area (Å²) in [5.74, 6) is 0.205. The highest BCUT2D eigenvalue weighted by molar-refractivity contribution is 8.03. The summed E-state index contributed by atoms with van der Waals surface area (Å²) in [6.45, 7) is 4.22. The Bertz CT molecular complexity index is 750. The maximum Gasteiger partial charge on any atom is 0.243 e. The zero-order valence-electron chi connectivity index (χ0n) is 12.9. The van der Waals surface area contributed by atoms with E-state index in [0.29, 0.717) is 17.9 Å². The summed E-state index contributed by atoms with van der Waals surface area (Å²) in [6.07, 6.45) is 2.32. The van der Waals surface area contributed by atoms with E-state index in [-0.39, 0.29) is 17.7 Å². The van der Waals surface area contributed by atoms with Gasteiger partial charge in [-0.05, 0) is 37.8 Å². The van der Waals surface area contributed by atoms with Gasteiger partial charge in [0.25, 0.3) is 0 Å². The molecule has 4 nitrogen and oxygen atoms in total. The van der Waals surface area contributed by atoms with E-state index in [1.54, 1.807) is 16.4 Å². The van der Waals surface area contributed by atoms with Crippen LogP contribution in [0.1, 0.15) is 18.9 Å². The Morgan fingerprint density at radius 1 is 1.23 bits per heavy atom. The van der Waals surface area contributed by atoms with Gasteiger partial charge in [0.05, 0.1) is 9.80 Å². The number of aryl methyl sites for hydroxylation is 1. The smallest absolute Gasteiger partial charge is 0.243 e. The maximum absolute atomic E-state index is 12.9. The van der Waals surface area contributed by atoms with Crippen LogP contribution < -0.4 is 0 Å². The molecule has 0 amide bonds. The summed E-state index contributed by atoms with van der Waals surface area (Å²) >= 11 is 1.44. The molecule has 1 aromatic carbocycles. The van der Waals surface area contributed by atoms with Gasteiger partial charge in [0.2, 0.25) is 10.0 Å². The van der Waals surface area contributed by atoms with Gasteiger partial charge in [0, 0.05) is 24.9 Å². The molecule has 0 radical (unpaired) electrons. The van der Waals surface area contributed by atoms with Crippen molar-refractivity contribution in [3.8, 4) is 0 Å². The van der Waals surface area contributed by atoms with Crippen molar-refractivity contribution in [2.75, 3.05) is 12.8 Å². The van der Waals surface area contributed by atoms with Crippen LogP contribution in [0.5, 0.6) is 0 Å². The summed E-state index contributed by atoms with van der Waals surface area (Å²) in [5.41, 5.74) is 2.04. The van der Waals surface area contributed by atoms with Gasteiger partial charge in [-0.25, -0.2) is 8.42 Å². The fourth-order valence-corrected chi connectivity index (χ4v) is 5.92. The van der Waals surface area contributed by atoms with Gasteiger partial charge in [-0.3, -0.25) is 4.79 Å². The van der Waals surface area contributed by atoms with Crippen molar-refractivity contribution in [2.45, 2.75) is 31.2 Å². The van der Waals surface area contributed by atoms with Gasteiger partial charge in [-0.1, -0.05) is 17.7 Å². The Morgan fingerprint density at radius 3 is 2.45 bits per heavy atom. The first-order valence-electron chi connectivity index (χ1n) is 7.26. The Morgan fingerprint density at radius 2 is 1.86 bits per heavy atom. The van der Waals surface area contributed by atoms with Crippen LogP contribution in [0.25, 0.3) is 0 Å². The van der Waals surface area contributed by atoms with E-state index in [0.717, 1.165) is 16.0 Å². The lowest BCUT2D eigenvalue weighted by atomic mass is 10.0. The van der Waals surface area contributed by atoms with Crippen molar-refractivity contribution in [2.24, 2.45) is 5.92 Å². The number of Topliss-reactive ketones (excluding diaryl/α,β-unsaturated/α-hetero) is 1. The van der Waals surface area contributed by atoms with Gasteiger partial charge >= 0.3 is 0 Å². The third-order valence-corrected chi connectivity index (χ3v) is 7.32. The number of allylic oxidation sites excluding steroid dienone is 1. The normalized spacial score (nSPS) is 25.9. The van der Waals surface area contributed by atoms with Crippen molar-refractivity contribution in [1.82, 2.24) is 4.31 Å². The lowest BCUT2D eigenvalue weighted by molar-refractivity contribution is -0.114. The van der Waals surface area contributed by atoms with Gasteiger partial charge in [-0.2, -0.15) is 4.31 Å². The second kappa shape index (κ2) is 5.51. The molecule has 118 valence electrons. The Balaban J connectivity index is 1.99. The number of carbonyl (C=O) groups excluding carboxylic acids is 1.